The van der Waals surface area contributed by atoms with Crippen LogP contribution < -0.4 is 0 Å². The van der Waals surface area contributed by atoms with Crippen LogP contribution in [0.1, 0.15) is 20.8 Å². The number of carbonyl (C=O) groups is 2. The first-order valence-electron chi connectivity index (χ1n) is 4.41. The summed E-state index contributed by atoms with van der Waals surface area (Å²) in [6.45, 7) is 0. The monoisotopic (exact) mass is 217 g/mol. The molecule has 0 saturated carbocycles. The van der Waals surface area contributed by atoms with E-state index in [0.29, 0.717) is 17.7 Å². The van der Waals surface area contributed by atoms with Crippen molar-refractivity contribution >= 4 is 12.3 Å². The average Bonchev–Trinajstić information content (AvgIpc) is 2.77. The van der Waals surface area contributed by atoms with Gasteiger partial charge in [0.05, 0.1) is 11.8 Å². The van der Waals surface area contributed by atoms with Crippen LogP contribution in [0.25, 0.3) is 5.82 Å². The lowest BCUT2D eigenvalue weighted by atomic mass is 10.3. The first-order valence-corrected chi connectivity index (χ1v) is 4.41. The summed E-state index contributed by atoms with van der Waals surface area (Å²) in [7, 11) is 0. The third-order valence-electron chi connectivity index (χ3n) is 1.93. The van der Waals surface area contributed by atoms with Gasteiger partial charge in [-0.15, -0.1) is 0 Å². The van der Waals surface area contributed by atoms with Gasteiger partial charge in [-0.1, -0.05) is 6.07 Å². The van der Waals surface area contributed by atoms with Crippen molar-refractivity contribution in [3.63, 3.8) is 0 Å². The number of hydrogen-bond donors (Lipinski definition) is 1. The number of aromatic carboxylic acids is 1. The molecule has 2 rings (SSSR count). The van der Waals surface area contributed by atoms with Crippen LogP contribution in [-0.2, 0) is 0 Å². The smallest absolute Gasteiger partial charge is 0.354 e. The van der Waals surface area contributed by atoms with E-state index in [2.05, 4.69) is 10.1 Å². The van der Waals surface area contributed by atoms with Crippen molar-refractivity contribution < 1.29 is 14.7 Å². The van der Waals surface area contributed by atoms with Crippen LogP contribution in [0, 0.1) is 0 Å². The molecule has 0 aliphatic rings. The van der Waals surface area contributed by atoms with Gasteiger partial charge in [0.1, 0.15) is 0 Å². The number of rotatable bonds is 3. The maximum atomic E-state index is 10.7. The standard InChI is InChI=1S/C10H7N3O3/c14-6-7-4-11-13(5-7)9-3-1-2-8(12-9)10(15)16/h1-6H,(H,15,16). The number of pyridine rings is 1. The molecule has 0 bridgehead atoms. The van der Waals surface area contributed by atoms with E-state index >= 15 is 0 Å². The van der Waals surface area contributed by atoms with E-state index in [9.17, 15) is 9.59 Å². The number of hydrogen-bond acceptors (Lipinski definition) is 4. The van der Waals surface area contributed by atoms with Gasteiger partial charge in [-0.3, -0.25) is 4.79 Å². The van der Waals surface area contributed by atoms with Gasteiger partial charge in [-0.25, -0.2) is 14.5 Å². The van der Waals surface area contributed by atoms with Gasteiger partial charge < -0.3 is 5.11 Å². The molecule has 0 aliphatic heterocycles. The molecule has 0 unspecified atom stereocenters. The van der Waals surface area contributed by atoms with Crippen LogP contribution in [0.5, 0.6) is 0 Å². The van der Waals surface area contributed by atoms with Gasteiger partial charge in [-0.05, 0) is 12.1 Å². The largest absolute Gasteiger partial charge is 0.477 e. The first kappa shape index (κ1) is 10.0. The van der Waals surface area contributed by atoms with Crippen molar-refractivity contribution in [2.24, 2.45) is 0 Å². The Balaban J connectivity index is 2.43. The van der Waals surface area contributed by atoms with Crippen molar-refractivity contribution in [2.75, 3.05) is 0 Å². The predicted molar refractivity (Wildman–Crippen MR) is 53.7 cm³/mol. The molecule has 0 spiro atoms. The maximum Gasteiger partial charge on any atom is 0.354 e. The molecule has 80 valence electrons. The Morgan fingerprint density at radius 1 is 1.44 bits per heavy atom. The van der Waals surface area contributed by atoms with Gasteiger partial charge in [0, 0.05) is 6.20 Å². The second-order valence-electron chi connectivity index (χ2n) is 3.02. The Morgan fingerprint density at radius 3 is 2.88 bits per heavy atom. The Bertz CT molecular complexity index is 548. The van der Waals surface area contributed by atoms with Gasteiger partial charge in [0.25, 0.3) is 0 Å². The Kier molecular flexibility index (Phi) is 2.47. The highest BCUT2D eigenvalue weighted by Gasteiger charge is 2.07. The van der Waals surface area contributed by atoms with Crippen molar-refractivity contribution in [3.05, 3.63) is 41.9 Å². The molecule has 16 heavy (non-hydrogen) atoms. The number of nitrogens with zero attached hydrogens (tertiary/aromatic N) is 3. The second-order valence-corrected chi connectivity index (χ2v) is 3.02. The molecular formula is C10H7N3O3. The summed E-state index contributed by atoms with van der Waals surface area (Å²) >= 11 is 0. The van der Waals surface area contributed by atoms with Crippen LogP contribution in [0.3, 0.4) is 0 Å². The molecular weight excluding hydrogens is 210 g/mol. The summed E-state index contributed by atoms with van der Waals surface area (Å²) in [5.74, 6) is -0.752. The molecule has 0 atom stereocenters. The summed E-state index contributed by atoms with van der Waals surface area (Å²) in [5, 5.41) is 12.6. The lowest BCUT2D eigenvalue weighted by Crippen LogP contribution is -2.04. The minimum absolute atomic E-state index is 0.0688. The Labute approximate surface area is 90.2 Å². The zero-order chi connectivity index (χ0) is 11.5. The molecule has 6 heteroatoms. The van der Waals surface area contributed by atoms with Crippen LogP contribution >= 0.6 is 0 Å². The van der Waals surface area contributed by atoms with E-state index in [1.807, 2.05) is 0 Å². The SMILES string of the molecule is O=Cc1cnn(-c2cccc(C(=O)O)n2)c1. The first-order chi connectivity index (χ1) is 7.70. The summed E-state index contributed by atoms with van der Waals surface area (Å²) in [4.78, 5) is 25.0. The number of carboxylic acid groups (broad SMARTS) is 1. The lowest BCUT2D eigenvalue weighted by molar-refractivity contribution is 0.0690. The second kappa shape index (κ2) is 3.93. The van der Waals surface area contributed by atoms with E-state index < -0.39 is 5.97 Å². The molecule has 0 radical (unpaired) electrons. The van der Waals surface area contributed by atoms with Gasteiger partial charge in [0.15, 0.2) is 17.8 Å². The zero-order valence-corrected chi connectivity index (χ0v) is 8.07. The zero-order valence-electron chi connectivity index (χ0n) is 8.07. The van der Waals surface area contributed by atoms with Crippen molar-refractivity contribution in [2.45, 2.75) is 0 Å². The van der Waals surface area contributed by atoms with Gasteiger partial charge in [-0.2, -0.15) is 5.10 Å². The molecule has 2 heterocycles. The molecule has 0 aromatic carbocycles. The normalized spacial score (nSPS) is 10.0. The Morgan fingerprint density at radius 2 is 2.25 bits per heavy atom. The van der Waals surface area contributed by atoms with Crippen molar-refractivity contribution in [1.82, 2.24) is 14.8 Å². The minimum atomic E-state index is -1.11. The summed E-state index contributed by atoms with van der Waals surface area (Å²) in [6.07, 6.45) is 3.51. The summed E-state index contributed by atoms with van der Waals surface area (Å²) in [6, 6.07) is 4.55. The lowest BCUT2D eigenvalue weighted by Gasteiger charge is -2.00. The van der Waals surface area contributed by atoms with E-state index in [1.165, 1.54) is 23.1 Å². The van der Waals surface area contributed by atoms with Crippen molar-refractivity contribution in [1.29, 1.82) is 0 Å². The van der Waals surface area contributed by atoms with Crippen LogP contribution in [-0.4, -0.2) is 32.1 Å². The molecule has 0 amide bonds. The van der Waals surface area contributed by atoms with E-state index in [4.69, 9.17) is 5.11 Å². The molecule has 0 fully saturated rings. The Hall–Kier alpha value is -2.50. The minimum Gasteiger partial charge on any atom is -0.477 e. The average molecular weight is 217 g/mol. The van der Waals surface area contributed by atoms with E-state index in [-0.39, 0.29) is 5.69 Å². The number of aromatic nitrogens is 3. The summed E-state index contributed by atoms with van der Waals surface area (Å²) < 4.78 is 1.34. The van der Waals surface area contributed by atoms with Crippen LogP contribution in [0.2, 0.25) is 0 Å². The maximum absolute atomic E-state index is 10.7. The highest BCUT2D eigenvalue weighted by atomic mass is 16.4. The molecule has 1 N–H and O–H groups in total. The third-order valence-corrected chi connectivity index (χ3v) is 1.93. The van der Waals surface area contributed by atoms with Gasteiger partial charge in [0.2, 0.25) is 0 Å². The predicted octanol–water partition coefficient (Wildman–Crippen LogP) is 0.778. The fraction of sp³-hybridized carbons (Fsp3) is 0. The fourth-order valence-corrected chi connectivity index (χ4v) is 1.19. The molecule has 0 aliphatic carbocycles. The van der Waals surface area contributed by atoms with Crippen LogP contribution in [0.15, 0.2) is 30.6 Å². The highest BCUT2D eigenvalue weighted by Crippen LogP contribution is 2.05. The molecule has 6 nitrogen and oxygen atoms in total. The van der Waals surface area contributed by atoms with Crippen molar-refractivity contribution in [3.8, 4) is 5.82 Å². The van der Waals surface area contributed by atoms with E-state index in [0.717, 1.165) is 0 Å². The third kappa shape index (κ3) is 1.81. The fourth-order valence-electron chi connectivity index (χ4n) is 1.19. The number of carbonyl (C=O) groups excluding carboxylic acids is 1. The summed E-state index contributed by atoms with van der Waals surface area (Å²) in [5.41, 5.74) is 0.336. The topological polar surface area (TPSA) is 85.1 Å². The molecule has 2 aromatic heterocycles. The van der Waals surface area contributed by atoms with E-state index in [1.54, 1.807) is 12.1 Å². The highest BCUT2D eigenvalue weighted by molar-refractivity contribution is 5.85. The number of aldehydes is 1. The van der Waals surface area contributed by atoms with Gasteiger partial charge >= 0.3 is 5.97 Å². The quantitative estimate of drug-likeness (QED) is 0.768. The molecule has 0 saturated heterocycles. The molecule has 2 aromatic rings. The van der Waals surface area contributed by atoms with Crippen LogP contribution in [0.4, 0.5) is 0 Å². The number of carboxylic acids is 1.